The minimum Gasteiger partial charge on any atom is -0.504 e. The predicted octanol–water partition coefficient (Wildman–Crippen LogP) is 1.59. The third-order valence-electron chi connectivity index (χ3n) is 4.27. The molecule has 3 heterocycles. The first-order valence-electron chi connectivity index (χ1n) is 8.28. The van der Waals surface area contributed by atoms with Gasteiger partial charge in [0, 0.05) is 32.2 Å². The van der Waals surface area contributed by atoms with Crippen LogP contribution in [-0.2, 0) is 0 Å². The molecular weight excluding hydrogens is 306 g/mol. The van der Waals surface area contributed by atoms with Crippen LogP contribution in [0, 0.1) is 0 Å². The lowest BCUT2D eigenvalue weighted by Gasteiger charge is -2.21. The Balaban J connectivity index is 1.85. The molecule has 2 aliphatic heterocycles. The summed E-state index contributed by atoms with van der Waals surface area (Å²) >= 11 is 0. The summed E-state index contributed by atoms with van der Waals surface area (Å²) in [5, 5.41) is 10.3. The number of aromatic amines is 1. The molecule has 0 radical (unpaired) electrons. The largest absolute Gasteiger partial charge is 0.504 e. The summed E-state index contributed by atoms with van der Waals surface area (Å²) in [6.07, 6.45) is 7.53. The lowest BCUT2D eigenvalue weighted by atomic mass is 10.3. The molecule has 0 bridgehead atoms. The topological polar surface area (TPSA) is 97.9 Å². The number of carbonyl (C=O) groups is 1. The van der Waals surface area contributed by atoms with Crippen molar-refractivity contribution in [3.63, 3.8) is 0 Å². The highest BCUT2D eigenvalue weighted by Gasteiger charge is 2.25. The fraction of sp³-hybridized carbons (Fsp3) is 0.412. The van der Waals surface area contributed by atoms with Gasteiger partial charge >= 0.3 is 0 Å². The van der Waals surface area contributed by atoms with Gasteiger partial charge in [-0.25, -0.2) is 0 Å². The molecule has 0 aliphatic carbocycles. The van der Waals surface area contributed by atoms with Crippen LogP contribution in [0.2, 0.25) is 0 Å². The molecule has 1 saturated heterocycles. The number of rotatable bonds is 5. The number of aromatic nitrogens is 1. The predicted molar refractivity (Wildman–Crippen MR) is 94.3 cm³/mol. The van der Waals surface area contributed by atoms with E-state index in [0.29, 0.717) is 24.6 Å². The fourth-order valence-corrected chi connectivity index (χ4v) is 3.06. The second-order valence-corrected chi connectivity index (χ2v) is 5.85. The lowest BCUT2D eigenvalue weighted by Crippen LogP contribution is -2.28. The maximum Gasteiger partial charge on any atom is 0.270 e. The zero-order valence-corrected chi connectivity index (χ0v) is 13.8. The SMILES string of the molecule is CCN(C1=C/C(=C\CN)N=C1)c1[nH]c(C(=O)N2CCCC2)cc1O. The molecule has 1 aromatic rings. The first-order chi connectivity index (χ1) is 11.6. The number of likely N-dealkylation sites (tertiary alicyclic amines) is 1. The van der Waals surface area contributed by atoms with Gasteiger partial charge in [-0.05, 0) is 31.9 Å². The van der Waals surface area contributed by atoms with Crippen LogP contribution in [0.1, 0.15) is 30.3 Å². The van der Waals surface area contributed by atoms with E-state index in [0.717, 1.165) is 37.3 Å². The number of hydrogen-bond acceptors (Lipinski definition) is 5. The molecule has 2 aliphatic rings. The molecule has 0 spiro atoms. The van der Waals surface area contributed by atoms with Crippen molar-refractivity contribution >= 4 is 17.9 Å². The minimum atomic E-state index is -0.0668. The number of aliphatic imine (C=N–C) groups is 1. The van der Waals surface area contributed by atoms with Gasteiger partial charge in [-0.1, -0.05) is 0 Å². The zero-order chi connectivity index (χ0) is 17.1. The van der Waals surface area contributed by atoms with Crippen LogP contribution in [0.25, 0.3) is 0 Å². The number of nitrogens with zero attached hydrogens (tertiary/aromatic N) is 3. The van der Waals surface area contributed by atoms with Crippen molar-refractivity contribution < 1.29 is 9.90 Å². The van der Waals surface area contributed by atoms with Crippen molar-refractivity contribution in [3.05, 3.63) is 35.3 Å². The van der Waals surface area contributed by atoms with Crippen molar-refractivity contribution in [1.82, 2.24) is 9.88 Å². The minimum absolute atomic E-state index is 0.0601. The van der Waals surface area contributed by atoms with Gasteiger partial charge in [-0.3, -0.25) is 9.79 Å². The highest BCUT2D eigenvalue weighted by atomic mass is 16.3. The van der Waals surface area contributed by atoms with E-state index in [9.17, 15) is 9.90 Å². The van der Waals surface area contributed by atoms with E-state index in [1.54, 1.807) is 6.21 Å². The second kappa shape index (κ2) is 6.92. The Hall–Kier alpha value is -2.54. The molecule has 24 heavy (non-hydrogen) atoms. The van der Waals surface area contributed by atoms with Gasteiger partial charge in [-0.2, -0.15) is 0 Å². The Morgan fingerprint density at radius 2 is 2.25 bits per heavy atom. The first-order valence-corrected chi connectivity index (χ1v) is 8.28. The smallest absolute Gasteiger partial charge is 0.270 e. The van der Waals surface area contributed by atoms with Gasteiger partial charge in [-0.15, -0.1) is 0 Å². The Bertz CT molecular complexity index is 711. The van der Waals surface area contributed by atoms with Crippen LogP contribution in [0.3, 0.4) is 0 Å². The van der Waals surface area contributed by atoms with E-state index >= 15 is 0 Å². The summed E-state index contributed by atoms with van der Waals surface area (Å²) in [7, 11) is 0. The maximum atomic E-state index is 12.5. The second-order valence-electron chi connectivity index (χ2n) is 5.85. The molecule has 0 saturated carbocycles. The first kappa shape index (κ1) is 16.3. The number of amides is 1. The van der Waals surface area contributed by atoms with Crippen molar-refractivity contribution in [1.29, 1.82) is 0 Å². The lowest BCUT2D eigenvalue weighted by molar-refractivity contribution is 0.0787. The average molecular weight is 329 g/mol. The van der Waals surface area contributed by atoms with Crippen molar-refractivity contribution in [2.75, 3.05) is 31.1 Å². The average Bonchev–Trinajstić information content (AvgIpc) is 3.30. The number of allylic oxidation sites excluding steroid dienone is 2. The van der Waals surface area contributed by atoms with E-state index in [1.807, 2.05) is 28.9 Å². The summed E-state index contributed by atoms with van der Waals surface area (Å²) in [5.41, 5.74) is 7.56. The van der Waals surface area contributed by atoms with Crippen LogP contribution >= 0.6 is 0 Å². The number of carbonyl (C=O) groups excluding carboxylic acids is 1. The van der Waals surface area contributed by atoms with E-state index < -0.39 is 0 Å². The van der Waals surface area contributed by atoms with E-state index in [4.69, 9.17) is 5.73 Å². The molecule has 0 atom stereocenters. The maximum absolute atomic E-state index is 12.5. The third-order valence-corrected chi connectivity index (χ3v) is 4.27. The summed E-state index contributed by atoms with van der Waals surface area (Å²) in [4.78, 5) is 23.5. The number of H-pyrrole nitrogens is 1. The normalized spacial score (nSPS) is 18.5. The summed E-state index contributed by atoms with van der Waals surface area (Å²) in [5.74, 6) is 0.500. The summed E-state index contributed by atoms with van der Waals surface area (Å²) in [6, 6.07) is 1.50. The van der Waals surface area contributed by atoms with Gasteiger partial charge in [0.2, 0.25) is 0 Å². The van der Waals surface area contributed by atoms with Gasteiger partial charge in [0.1, 0.15) is 5.69 Å². The molecule has 7 heteroatoms. The van der Waals surface area contributed by atoms with Crippen LogP contribution in [0.15, 0.2) is 34.6 Å². The van der Waals surface area contributed by atoms with Crippen LogP contribution in [0.5, 0.6) is 5.75 Å². The van der Waals surface area contributed by atoms with Gasteiger partial charge in [0.15, 0.2) is 11.6 Å². The highest BCUT2D eigenvalue weighted by molar-refractivity contribution is 5.95. The van der Waals surface area contributed by atoms with Crippen molar-refractivity contribution in [2.24, 2.45) is 10.7 Å². The van der Waals surface area contributed by atoms with Crippen molar-refractivity contribution in [2.45, 2.75) is 19.8 Å². The Labute approximate surface area is 141 Å². The number of nitrogens with two attached hydrogens (primary N) is 1. The molecule has 4 N–H and O–H groups in total. The van der Waals surface area contributed by atoms with E-state index in [-0.39, 0.29) is 11.7 Å². The van der Waals surface area contributed by atoms with E-state index in [1.165, 1.54) is 6.07 Å². The molecule has 0 aromatic carbocycles. The van der Waals surface area contributed by atoms with Gasteiger partial charge in [0.25, 0.3) is 5.91 Å². The Kier molecular flexibility index (Phi) is 4.71. The number of nitrogens with one attached hydrogen (secondary N) is 1. The highest BCUT2D eigenvalue weighted by Crippen LogP contribution is 2.32. The van der Waals surface area contributed by atoms with Crippen LogP contribution < -0.4 is 10.6 Å². The molecule has 1 aromatic heterocycles. The molecular formula is C17H23N5O2. The molecule has 1 amide bonds. The molecule has 7 nitrogen and oxygen atoms in total. The third kappa shape index (κ3) is 3.07. The Morgan fingerprint density at radius 3 is 2.92 bits per heavy atom. The van der Waals surface area contributed by atoms with Crippen LogP contribution in [0.4, 0.5) is 5.82 Å². The van der Waals surface area contributed by atoms with E-state index in [2.05, 4.69) is 9.98 Å². The monoisotopic (exact) mass is 329 g/mol. The molecule has 128 valence electrons. The molecule has 1 fully saturated rings. The fourth-order valence-electron chi connectivity index (χ4n) is 3.06. The zero-order valence-electron chi connectivity index (χ0n) is 13.8. The standard InChI is InChI=1S/C17H23N5O2/c1-2-22(13-9-12(5-6-18)19-11-13)16-15(23)10-14(20-16)17(24)21-7-3-4-8-21/h5,9-11,20,23H,2-4,6-8,18H2,1H3/b12-5+. The number of anilines is 1. The van der Waals surface area contributed by atoms with Crippen LogP contribution in [-0.4, -0.2) is 53.3 Å². The number of aromatic hydroxyl groups is 1. The number of hydrogen-bond donors (Lipinski definition) is 3. The van der Waals surface area contributed by atoms with Gasteiger partial charge < -0.3 is 25.6 Å². The summed E-state index contributed by atoms with van der Waals surface area (Å²) in [6.45, 7) is 4.57. The molecule has 3 rings (SSSR count). The van der Waals surface area contributed by atoms with Gasteiger partial charge in [0.05, 0.1) is 17.6 Å². The Morgan fingerprint density at radius 1 is 1.50 bits per heavy atom. The van der Waals surface area contributed by atoms with Crippen molar-refractivity contribution in [3.8, 4) is 5.75 Å². The summed E-state index contributed by atoms with van der Waals surface area (Å²) < 4.78 is 0. The molecule has 0 unspecified atom stereocenters. The quantitative estimate of drug-likeness (QED) is 0.764.